The fourth-order valence-corrected chi connectivity index (χ4v) is 2.09. The van der Waals surface area contributed by atoms with Gasteiger partial charge in [-0.2, -0.15) is 0 Å². The Bertz CT molecular complexity index is 638. The molecule has 0 saturated heterocycles. The fourth-order valence-electron chi connectivity index (χ4n) is 2.09. The lowest BCUT2D eigenvalue weighted by atomic mass is 9.97. The number of carbonyl (C=O) groups excluding carboxylic acids is 3. The van der Waals surface area contributed by atoms with E-state index < -0.39 is 23.9 Å². The van der Waals surface area contributed by atoms with Gasteiger partial charge in [0.05, 0.1) is 6.61 Å². The predicted molar refractivity (Wildman–Crippen MR) is 95.1 cm³/mol. The molecule has 25 heavy (non-hydrogen) atoms. The van der Waals surface area contributed by atoms with Gasteiger partial charge in [0.15, 0.2) is 6.10 Å². The Balaban J connectivity index is 2.66. The number of carbonyl (C=O) groups is 3. The molecule has 2 atom stereocenters. The van der Waals surface area contributed by atoms with Crippen molar-refractivity contribution in [3.8, 4) is 0 Å². The van der Waals surface area contributed by atoms with Gasteiger partial charge >= 0.3 is 11.9 Å². The van der Waals surface area contributed by atoms with Gasteiger partial charge < -0.3 is 14.8 Å². The van der Waals surface area contributed by atoms with Crippen LogP contribution in [0.1, 0.15) is 45.6 Å². The lowest BCUT2D eigenvalue weighted by Crippen LogP contribution is -2.30. The van der Waals surface area contributed by atoms with Gasteiger partial charge in [-0.05, 0) is 37.8 Å². The Hall–Kier alpha value is -2.63. The summed E-state index contributed by atoms with van der Waals surface area (Å²) in [4.78, 5) is 35.0. The molecule has 1 amide bonds. The molecule has 0 aliphatic heterocycles. The van der Waals surface area contributed by atoms with Crippen LogP contribution in [0.25, 0.3) is 0 Å². The number of esters is 2. The normalized spacial score (nSPS) is 13.1. The summed E-state index contributed by atoms with van der Waals surface area (Å²) in [6.07, 6.45) is 1.85. The third-order valence-corrected chi connectivity index (χ3v) is 3.67. The van der Waals surface area contributed by atoms with E-state index in [1.807, 2.05) is 24.3 Å². The summed E-state index contributed by atoms with van der Waals surface area (Å²) in [6.45, 7) is 7.50. The molecule has 0 aliphatic carbocycles. The van der Waals surface area contributed by atoms with E-state index in [0.29, 0.717) is 11.6 Å². The molecule has 1 aromatic rings. The van der Waals surface area contributed by atoms with E-state index in [-0.39, 0.29) is 6.61 Å². The van der Waals surface area contributed by atoms with Crippen molar-refractivity contribution in [1.82, 2.24) is 0 Å². The summed E-state index contributed by atoms with van der Waals surface area (Å²) < 4.78 is 9.65. The number of hydrogen-bond acceptors (Lipinski definition) is 5. The van der Waals surface area contributed by atoms with Crippen molar-refractivity contribution in [1.29, 1.82) is 0 Å². The molecule has 6 nitrogen and oxygen atoms in total. The molecule has 0 fully saturated rings. The summed E-state index contributed by atoms with van der Waals surface area (Å²) in [5, 5.41) is 2.78. The molecule has 6 heteroatoms. The summed E-state index contributed by atoms with van der Waals surface area (Å²) in [6, 6.07) is 7.53. The molecular formula is C19H25NO5. The van der Waals surface area contributed by atoms with E-state index in [9.17, 15) is 14.4 Å². The smallest absolute Gasteiger partial charge is 0.331 e. The molecule has 1 rings (SSSR count). The van der Waals surface area contributed by atoms with E-state index in [0.717, 1.165) is 24.1 Å². The summed E-state index contributed by atoms with van der Waals surface area (Å²) in [5.74, 6) is -1.57. The van der Waals surface area contributed by atoms with E-state index >= 15 is 0 Å². The van der Waals surface area contributed by atoms with E-state index in [1.54, 1.807) is 6.92 Å². The van der Waals surface area contributed by atoms with Gasteiger partial charge in [-0.3, -0.25) is 4.79 Å². The fraction of sp³-hybridized carbons (Fsp3) is 0.421. The van der Waals surface area contributed by atoms with E-state index in [4.69, 9.17) is 4.74 Å². The lowest BCUT2D eigenvalue weighted by molar-refractivity contribution is -0.148. The van der Waals surface area contributed by atoms with Crippen molar-refractivity contribution in [2.45, 2.75) is 46.1 Å². The third-order valence-electron chi connectivity index (χ3n) is 3.67. The quantitative estimate of drug-likeness (QED) is 0.577. The first-order valence-electron chi connectivity index (χ1n) is 8.34. The van der Waals surface area contributed by atoms with Crippen LogP contribution in [0.2, 0.25) is 0 Å². The molecule has 1 aromatic carbocycles. The van der Waals surface area contributed by atoms with Crippen LogP contribution < -0.4 is 5.32 Å². The first-order chi connectivity index (χ1) is 11.9. The van der Waals surface area contributed by atoms with Crippen LogP contribution in [0.15, 0.2) is 36.4 Å². The van der Waals surface area contributed by atoms with Crippen molar-refractivity contribution in [3.05, 3.63) is 42.0 Å². The SMILES string of the molecule is CCOC(=O)/C=C/C(=O)O[C@@H](C)C(=O)Nc1ccccc1[C@@H](C)CC. The highest BCUT2D eigenvalue weighted by Gasteiger charge is 2.19. The molecule has 0 radical (unpaired) electrons. The maximum Gasteiger partial charge on any atom is 0.331 e. The largest absolute Gasteiger partial charge is 0.463 e. The second-order valence-corrected chi connectivity index (χ2v) is 5.55. The van der Waals surface area contributed by atoms with Crippen LogP contribution in [0.5, 0.6) is 0 Å². The monoisotopic (exact) mass is 347 g/mol. The Kier molecular flexibility index (Phi) is 8.39. The molecule has 0 bridgehead atoms. The van der Waals surface area contributed by atoms with Crippen molar-refractivity contribution < 1.29 is 23.9 Å². The second kappa shape index (κ2) is 10.3. The zero-order valence-electron chi connectivity index (χ0n) is 15.1. The van der Waals surface area contributed by atoms with E-state index in [1.165, 1.54) is 6.92 Å². The number of anilines is 1. The van der Waals surface area contributed by atoms with Gasteiger partial charge in [-0.15, -0.1) is 0 Å². The molecule has 0 saturated carbocycles. The summed E-state index contributed by atoms with van der Waals surface area (Å²) >= 11 is 0. The molecule has 0 heterocycles. The second-order valence-electron chi connectivity index (χ2n) is 5.55. The van der Waals surface area contributed by atoms with Crippen molar-refractivity contribution >= 4 is 23.5 Å². The Morgan fingerprint density at radius 1 is 1.08 bits per heavy atom. The van der Waals surface area contributed by atoms with Crippen molar-refractivity contribution in [3.63, 3.8) is 0 Å². The van der Waals surface area contributed by atoms with Gasteiger partial charge in [0.25, 0.3) is 5.91 Å². The van der Waals surface area contributed by atoms with Crippen molar-refractivity contribution in [2.75, 3.05) is 11.9 Å². The Labute approximate surface area is 148 Å². The Morgan fingerprint density at radius 3 is 2.36 bits per heavy atom. The number of rotatable bonds is 8. The minimum absolute atomic E-state index is 0.215. The maximum atomic E-state index is 12.2. The van der Waals surface area contributed by atoms with Gasteiger partial charge in [0.2, 0.25) is 0 Å². The third kappa shape index (κ3) is 6.79. The highest BCUT2D eigenvalue weighted by molar-refractivity contribution is 5.97. The first-order valence-corrected chi connectivity index (χ1v) is 8.34. The topological polar surface area (TPSA) is 81.7 Å². The predicted octanol–water partition coefficient (Wildman–Crippen LogP) is 3.19. The minimum atomic E-state index is -0.996. The zero-order chi connectivity index (χ0) is 18.8. The molecule has 0 unspecified atom stereocenters. The number of benzene rings is 1. The number of amides is 1. The van der Waals surface area contributed by atoms with Gasteiger partial charge in [-0.25, -0.2) is 9.59 Å². The average Bonchev–Trinajstić information content (AvgIpc) is 2.60. The van der Waals surface area contributed by atoms with Crippen molar-refractivity contribution in [2.24, 2.45) is 0 Å². The average molecular weight is 347 g/mol. The molecule has 0 aliphatic rings. The van der Waals surface area contributed by atoms with Crippen LogP contribution in [0.3, 0.4) is 0 Å². The molecule has 136 valence electrons. The lowest BCUT2D eigenvalue weighted by Gasteiger charge is -2.17. The van der Waals surface area contributed by atoms with Gasteiger partial charge in [0.1, 0.15) is 0 Å². The van der Waals surface area contributed by atoms with Crippen LogP contribution in [-0.4, -0.2) is 30.6 Å². The summed E-state index contributed by atoms with van der Waals surface area (Å²) in [5.41, 5.74) is 1.73. The van der Waals surface area contributed by atoms with Crippen LogP contribution in [-0.2, 0) is 23.9 Å². The van der Waals surface area contributed by atoms with Crippen LogP contribution >= 0.6 is 0 Å². The summed E-state index contributed by atoms with van der Waals surface area (Å²) in [7, 11) is 0. The number of hydrogen-bond donors (Lipinski definition) is 1. The maximum absolute atomic E-state index is 12.2. The standard InChI is InChI=1S/C19H25NO5/c1-5-13(3)15-9-7-8-10-16(15)20-19(23)14(4)25-18(22)12-11-17(21)24-6-2/h7-14H,5-6H2,1-4H3,(H,20,23)/b12-11+/t13-,14-/m0/s1. The van der Waals surface area contributed by atoms with Gasteiger partial charge in [-0.1, -0.05) is 32.0 Å². The van der Waals surface area contributed by atoms with Crippen LogP contribution in [0.4, 0.5) is 5.69 Å². The molecule has 0 aromatic heterocycles. The van der Waals surface area contributed by atoms with E-state index in [2.05, 4.69) is 23.9 Å². The highest BCUT2D eigenvalue weighted by atomic mass is 16.5. The highest BCUT2D eigenvalue weighted by Crippen LogP contribution is 2.26. The molecular weight excluding hydrogens is 322 g/mol. The first kappa shape index (κ1) is 20.4. The minimum Gasteiger partial charge on any atom is -0.463 e. The number of para-hydroxylation sites is 1. The van der Waals surface area contributed by atoms with Gasteiger partial charge in [0, 0.05) is 17.8 Å². The molecule has 1 N–H and O–H groups in total. The van der Waals surface area contributed by atoms with Crippen LogP contribution in [0, 0.1) is 0 Å². The number of nitrogens with one attached hydrogen (secondary N) is 1. The Morgan fingerprint density at radius 2 is 1.72 bits per heavy atom. The molecule has 0 spiro atoms. The number of ether oxygens (including phenoxy) is 2. The zero-order valence-corrected chi connectivity index (χ0v) is 15.1.